The van der Waals surface area contributed by atoms with E-state index in [1.54, 1.807) is 51.1 Å². The van der Waals surface area contributed by atoms with Crippen molar-refractivity contribution in [2.24, 2.45) is 0 Å². The molecule has 0 saturated carbocycles. The Kier molecular flexibility index (Phi) is 10.6. The van der Waals surface area contributed by atoms with Crippen LogP contribution in [-0.2, 0) is 40.9 Å². The molecule has 1 unspecified atom stereocenters. The molecule has 4 rings (SSSR count). The fourth-order valence-electron chi connectivity index (χ4n) is 5.45. The largest absolute Gasteiger partial charge is 0.456 e. The van der Waals surface area contributed by atoms with Gasteiger partial charge in [-0.1, -0.05) is 30.3 Å². The van der Waals surface area contributed by atoms with E-state index >= 15 is 0 Å². The third kappa shape index (κ3) is 7.15. The number of ether oxygens (including phenoxy) is 5. The maximum Gasteiger partial charge on any atom is 0.308 e. The van der Waals surface area contributed by atoms with Crippen LogP contribution >= 0.6 is 0 Å². The number of hydrogen-bond acceptors (Lipinski definition) is 9. The van der Waals surface area contributed by atoms with E-state index in [0.29, 0.717) is 45.3 Å². The first kappa shape index (κ1) is 33.1. The number of rotatable bonds is 12. The molecule has 3 aromatic rings. The molecule has 0 spiro atoms. The Morgan fingerprint density at radius 2 is 1.47 bits per heavy atom. The number of amides is 1. The van der Waals surface area contributed by atoms with Crippen molar-refractivity contribution in [1.29, 1.82) is 0 Å². The number of benzene rings is 3. The van der Waals surface area contributed by atoms with Crippen LogP contribution in [-0.4, -0.2) is 48.6 Å². The van der Waals surface area contributed by atoms with Crippen molar-refractivity contribution in [3.8, 4) is 23.0 Å². The Hall–Kier alpha value is -4.76. The first-order chi connectivity index (χ1) is 21.5. The van der Waals surface area contributed by atoms with Crippen LogP contribution in [0.2, 0.25) is 0 Å². The van der Waals surface area contributed by atoms with Crippen molar-refractivity contribution >= 4 is 23.8 Å². The standard InChI is InChI=1S/C35H37NO9/c1-7-42-35(19-17-31(40)36(6)32(18-20-37)41-21-26-11-9-8-10-12-26)27-13-15-29(43-24(4)38)22(2)33(27)45-34-23(3)30(44-25(5)39)16-14-28(34)35/h8-16,18,32H,7,17,19,21H2,1-6H3. The minimum absolute atomic E-state index is 0.00274. The summed E-state index contributed by atoms with van der Waals surface area (Å²) < 4.78 is 29.8. The van der Waals surface area contributed by atoms with Gasteiger partial charge >= 0.3 is 11.9 Å². The van der Waals surface area contributed by atoms with Gasteiger partial charge in [-0.15, -0.1) is 0 Å². The average molecular weight is 616 g/mol. The summed E-state index contributed by atoms with van der Waals surface area (Å²) >= 11 is 0. The molecule has 1 amide bonds. The van der Waals surface area contributed by atoms with Gasteiger partial charge in [-0.25, -0.2) is 4.79 Å². The van der Waals surface area contributed by atoms with Crippen LogP contribution in [0.5, 0.6) is 23.0 Å². The maximum absolute atomic E-state index is 13.7. The van der Waals surface area contributed by atoms with Gasteiger partial charge in [0.05, 0.1) is 6.61 Å². The van der Waals surface area contributed by atoms with Crippen molar-refractivity contribution in [3.05, 3.63) is 88.5 Å². The number of carbonyl (C=O) groups is 3. The molecular weight excluding hydrogens is 578 g/mol. The van der Waals surface area contributed by atoms with Gasteiger partial charge < -0.3 is 28.6 Å². The molecule has 0 saturated heterocycles. The second kappa shape index (κ2) is 14.3. The Bertz CT molecular complexity index is 1550. The van der Waals surface area contributed by atoms with Crippen LogP contribution < -0.4 is 14.2 Å². The number of likely N-dealkylation sites (N-methyl/N-ethyl adjacent to an activating group) is 1. The highest BCUT2D eigenvalue weighted by Crippen LogP contribution is 2.55. The van der Waals surface area contributed by atoms with Gasteiger partial charge in [0, 0.05) is 62.3 Å². The lowest BCUT2D eigenvalue weighted by Gasteiger charge is -2.41. The summed E-state index contributed by atoms with van der Waals surface area (Å²) in [5.74, 6) is 1.93. The SMILES string of the molecule is CCOC1(CCC(=O)N(C)C(C=C=O)OCc2ccccc2)c2ccc(OC(C)=O)c(C)c2Oc2c1ccc(OC(C)=O)c2C. The van der Waals surface area contributed by atoms with E-state index in [-0.39, 0.29) is 32.0 Å². The monoisotopic (exact) mass is 615 g/mol. The molecule has 10 nitrogen and oxygen atoms in total. The minimum Gasteiger partial charge on any atom is -0.456 e. The van der Waals surface area contributed by atoms with E-state index in [9.17, 15) is 19.2 Å². The number of fused-ring (bicyclic) bond motifs is 2. The maximum atomic E-state index is 13.7. The summed E-state index contributed by atoms with van der Waals surface area (Å²) in [5.41, 5.74) is 2.12. The first-order valence-electron chi connectivity index (χ1n) is 14.6. The third-order valence-corrected chi connectivity index (χ3v) is 7.63. The molecule has 1 aliphatic rings. The molecule has 0 fully saturated rings. The molecule has 0 radical (unpaired) electrons. The summed E-state index contributed by atoms with van der Waals surface area (Å²) in [4.78, 5) is 50.0. The second-order valence-electron chi connectivity index (χ2n) is 10.7. The smallest absolute Gasteiger partial charge is 0.308 e. The van der Waals surface area contributed by atoms with E-state index < -0.39 is 23.8 Å². The van der Waals surface area contributed by atoms with Gasteiger partial charge in [0.1, 0.15) is 34.5 Å². The van der Waals surface area contributed by atoms with E-state index in [1.807, 2.05) is 37.3 Å². The van der Waals surface area contributed by atoms with Gasteiger partial charge in [0.15, 0.2) is 6.23 Å². The quantitative estimate of drug-likeness (QED) is 0.109. The normalized spacial score (nSPS) is 13.3. The molecule has 0 bridgehead atoms. The third-order valence-electron chi connectivity index (χ3n) is 7.63. The average Bonchev–Trinajstić information content (AvgIpc) is 3.01. The minimum atomic E-state index is -1.17. The second-order valence-corrected chi connectivity index (χ2v) is 10.7. The summed E-state index contributed by atoms with van der Waals surface area (Å²) in [6, 6.07) is 16.3. The summed E-state index contributed by atoms with van der Waals surface area (Å²) in [6.45, 7) is 8.49. The Morgan fingerprint density at radius 1 is 0.911 bits per heavy atom. The van der Waals surface area contributed by atoms with Crippen LogP contribution in [0.1, 0.15) is 61.4 Å². The molecular formula is C35H37NO9. The van der Waals surface area contributed by atoms with Gasteiger partial charge in [-0.3, -0.25) is 14.4 Å². The van der Waals surface area contributed by atoms with Crippen molar-refractivity contribution in [2.75, 3.05) is 13.7 Å². The molecule has 0 N–H and O–H groups in total. The molecule has 1 heterocycles. The van der Waals surface area contributed by atoms with Crippen LogP contribution in [0.25, 0.3) is 0 Å². The summed E-state index contributed by atoms with van der Waals surface area (Å²) in [6.07, 6.45) is 0.415. The fourth-order valence-corrected chi connectivity index (χ4v) is 5.45. The van der Waals surface area contributed by atoms with Crippen LogP contribution in [0.3, 0.4) is 0 Å². The zero-order valence-corrected chi connectivity index (χ0v) is 26.3. The molecule has 0 aliphatic carbocycles. The topological polar surface area (TPSA) is 118 Å². The van der Waals surface area contributed by atoms with Crippen molar-refractivity contribution in [2.45, 2.75) is 65.9 Å². The van der Waals surface area contributed by atoms with Crippen LogP contribution in [0.4, 0.5) is 0 Å². The molecule has 1 aliphatic heterocycles. The zero-order valence-electron chi connectivity index (χ0n) is 26.3. The molecule has 236 valence electrons. The van der Waals surface area contributed by atoms with Crippen molar-refractivity contribution < 1.29 is 42.9 Å². The highest BCUT2D eigenvalue weighted by atomic mass is 16.5. The zero-order chi connectivity index (χ0) is 32.7. The van der Waals surface area contributed by atoms with Crippen LogP contribution in [0.15, 0.2) is 60.7 Å². The van der Waals surface area contributed by atoms with Gasteiger partial charge in [0.25, 0.3) is 0 Å². The summed E-state index contributed by atoms with van der Waals surface area (Å²) in [5, 5.41) is 0. The van der Waals surface area contributed by atoms with Crippen LogP contribution in [0, 0.1) is 13.8 Å². The molecule has 10 heteroatoms. The van der Waals surface area contributed by atoms with E-state index in [0.717, 1.165) is 11.6 Å². The lowest BCUT2D eigenvalue weighted by atomic mass is 9.78. The predicted octanol–water partition coefficient (Wildman–Crippen LogP) is 5.71. The lowest BCUT2D eigenvalue weighted by molar-refractivity contribution is -0.142. The Balaban J connectivity index is 1.74. The first-order valence-corrected chi connectivity index (χ1v) is 14.6. The Labute approximate surface area is 262 Å². The number of hydrogen-bond donors (Lipinski definition) is 0. The highest BCUT2D eigenvalue weighted by molar-refractivity contribution is 5.77. The number of nitrogens with zero attached hydrogens (tertiary/aromatic N) is 1. The highest BCUT2D eigenvalue weighted by Gasteiger charge is 2.45. The number of esters is 2. The predicted molar refractivity (Wildman–Crippen MR) is 165 cm³/mol. The molecule has 45 heavy (non-hydrogen) atoms. The summed E-state index contributed by atoms with van der Waals surface area (Å²) in [7, 11) is 1.57. The fraction of sp³-hybridized carbons (Fsp3) is 0.343. The molecule has 0 aromatic heterocycles. The van der Waals surface area contributed by atoms with Crippen molar-refractivity contribution in [3.63, 3.8) is 0 Å². The Morgan fingerprint density at radius 3 is 1.96 bits per heavy atom. The van der Waals surface area contributed by atoms with Crippen molar-refractivity contribution in [1.82, 2.24) is 4.90 Å². The van der Waals surface area contributed by atoms with E-state index in [1.165, 1.54) is 18.7 Å². The van der Waals surface area contributed by atoms with Gasteiger partial charge in [0.2, 0.25) is 5.91 Å². The lowest BCUT2D eigenvalue weighted by Crippen LogP contribution is -2.40. The van der Waals surface area contributed by atoms with E-state index in [4.69, 9.17) is 23.7 Å². The van der Waals surface area contributed by atoms with Gasteiger partial charge in [-0.05, 0) is 57.0 Å². The molecule has 3 aromatic carbocycles. The number of carbonyl (C=O) groups excluding carboxylic acids is 4. The van der Waals surface area contributed by atoms with E-state index in [2.05, 4.69) is 0 Å². The molecule has 1 atom stereocenters. The van der Waals surface area contributed by atoms with Gasteiger partial charge in [-0.2, -0.15) is 0 Å².